The van der Waals surface area contributed by atoms with Crippen LogP contribution in [0.2, 0.25) is 0 Å². The number of fused-ring (bicyclic) bond motifs is 1. The van der Waals surface area contributed by atoms with E-state index in [1.165, 1.54) is 0 Å². The van der Waals surface area contributed by atoms with Crippen molar-refractivity contribution in [3.8, 4) is 24.3 Å². The van der Waals surface area contributed by atoms with Gasteiger partial charge in [-0.2, -0.15) is 21.0 Å². The van der Waals surface area contributed by atoms with E-state index in [-0.39, 0.29) is 18.7 Å². The Labute approximate surface area is 217 Å². The van der Waals surface area contributed by atoms with E-state index in [4.69, 9.17) is 4.74 Å². The molecule has 4 rings (SSSR count). The van der Waals surface area contributed by atoms with E-state index in [0.717, 1.165) is 16.1 Å². The molecule has 0 aromatic heterocycles. The summed E-state index contributed by atoms with van der Waals surface area (Å²) in [7, 11) is -3.94. The first-order valence-corrected chi connectivity index (χ1v) is 13.7. The molecule has 1 fully saturated rings. The monoisotopic (exact) mass is 511 g/mol. The topological polar surface area (TPSA) is 142 Å². The first kappa shape index (κ1) is 25.9. The first-order chi connectivity index (χ1) is 17.7. The van der Waals surface area contributed by atoms with Crippen molar-refractivity contribution in [2.75, 3.05) is 12.9 Å². The number of benzene rings is 2. The third-order valence-corrected chi connectivity index (χ3v) is 8.55. The van der Waals surface area contributed by atoms with Gasteiger partial charge in [0.1, 0.15) is 6.23 Å². The molecule has 1 saturated heterocycles. The minimum Gasteiger partial charge on any atom is -0.358 e. The highest BCUT2D eigenvalue weighted by molar-refractivity contribution is 7.88. The van der Waals surface area contributed by atoms with Gasteiger partial charge in [-0.05, 0) is 24.0 Å². The largest absolute Gasteiger partial charge is 0.358 e. The van der Waals surface area contributed by atoms with Crippen molar-refractivity contribution in [1.82, 2.24) is 4.31 Å². The lowest BCUT2D eigenvalue weighted by molar-refractivity contribution is -0.0505. The SMILES string of the molecule is CCO[C@@H]1C[C@H](c2ccccc2)[C@@H]2C(=C[C@H](c3ccccc3)C(C#N)(C#N)C2(C#N)C#N)N1S(C)(=O)=O. The number of piperidine rings is 1. The highest BCUT2D eigenvalue weighted by atomic mass is 32.2. The van der Waals surface area contributed by atoms with Crippen LogP contribution in [-0.2, 0) is 14.8 Å². The minimum absolute atomic E-state index is 0.140. The highest BCUT2D eigenvalue weighted by Gasteiger charge is 2.69. The van der Waals surface area contributed by atoms with Crippen molar-refractivity contribution in [3.63, 3.8) is 0 Å². The molecule has 0 radical (unpaired) electrons. The van der Waals surface area contributed by atoms with Gasteiger partial charge in [0.05, 0.1) is 30.5 Å². The fourth-order valence-corrected chi connectivity index (χ4v) is 7.03. The van der Waals surface area contributed by atoms with Gasteiger partial charge in [0.2, 0.25) is 10.0 Å². The van der Waals surface area contributed by atoms with Gasteiger partial charge in [-0.15, -0.1) is 0 Å². The van der Waals surface area contributed by atoms with Crippen LogP contribution in [0.5, 0.6) is 0 Å². The molecular formula is C28H25N5O3S. The number of nitriles is 4. The van der Waals surface area contributed by atoms with Crippen molar-refractivity contribution in [2.45, 2.75) is 31.4 Å². The van der Waals surface area contributed by atoms with E-state index < -0.39 is 44.8 Å². The molecule has 37 heavy (non-hydrogen) atoms. The number of sulfonamides is 1. The molecule has 186 valence electrons. The number of nitrogens with zero attached hydrogens (tertiary/aromatic N) is 5. The van der Waals surface area contributed by atoms with E-state index in [9.17, 15) is 29.5 Å². The number of hydrogen-bond donors (Lipinski definition) is 0. The predicted octanol–water partition coefficient (Wildman–Crippen LogP) is 4.16. The van der Waals surface area contributed by atoms with E-state index in [0.29, 0.717) is 5.56 Å². The first-order valence-electron chi connectivity index (χ1n) is 11.8. The van der Waals surface area contributed by atoms with Crippen LogP contribution >= 0.6 is 0 Å². The molecule has 0 saturated carbocycles. The zero-order valence-corrected chi connectivity index (χ0v) is 21.3. The second-order valence-electron chi connectivity index (χ2n) is 9.24. The molecular weight excluding hydrogens is 486 g/mol. The Bertz CT molecular complexity index is 1450. The molecule has 2 aromatic rings. The molecule has 8 nitrogen and oxygen atoms in total. The Morgan fingerprint density at radius 2 is 1.41 bits per heavy atom. The number of ether oxygens (including phenoxy) is 1. The second kappa shape index (κ2) is 9.72. The minimum atomic E-state index is -3.94. The predicted molar refractivity (Wildman–Crippen MR) is 134 cm³/mol. The molecule has 0 spiro atoms. The maximum atomic E-state index is 13.2. The van der Waals surface area contributed by atoms with Crippen molar-refractivity contribution >= 4 is 10.0 Å². The summed E-state index contributed by atoms with van der Waals surface area (Å²) >= 11 is 0. The summed E-state index contributed by atoms with van der Waals surface area (Å²) < 4.78 is 33.5. The van der Waals surface area contributed by atoms with Crippen LogP contribution in [0, 0.1) is 62.1 Å². The van der Waals surface area contributed by atoms with Crippen LogP contribution in [0.3, 0.4) is 0 Å². The Kier molecular flexibility index (Phi) is 6.81. The van der Waals surface area contributed by atoms with Gasteiger partial charge in [0.15, 0.2) is 10.8 Å². The summed E-state index contributed by atoms with van der Waals surface area (Å²) in [6.45, 7) is 2.00. The highest BCUT2D eigenvalue weighted by Crippen LogP contribution is 2.64. The van der Waals surface area contributed by atoms with Crippen molar-refractivity contribution in [3.05, 3.63) is 83.6 Å². The quantitative estimate of drug-likeness (QED) is 0.586. The van der Waals surface area contributed by atoms with Gasteiger partial charge in [-0.1, -0.05) is 66.7 Å². The van der Waals surface area contributed by atoms with Crippen molar-refractivity contribution < 1.29 is 13.2 Å². The molecule has 9 heteroatoms. The number of hydrogen-bond acceptors (Lipinski definition) is 7. The standard InChI is InChI=1S/C28H25N5O3S/c1-3-36-25-14-22(20-10-6-4-7-11-20)26-24(33(25)37(2,34)35)15-23(21-12-8-5-9-13-21)27(16-29,17-30)28(26,18-31)19-32/h4-13,15,22-23,25-26H,3,14H2,1-2H3/t22-,23-,25-,26-/m1/s1. The average molecular weight is 512 g/mol. The second-order valence-corrected chi connectivity index (χ2v) is 11.1. The van der Waals surface area contributed by atoms with Gasteiger partial charge in [0.25, 0.3) is 0 Å². The summed E-state index contributed by atoms with van der Waals surface area (Å²) in [5, 5.41) is 42.4. The number of rotatable bonds is 5. The molecule has 0 N–H and O–H groups in total. The summed E-state index contributed by atoms with van der Waals surface area (Å²) in [5.74, 6) is -2.70. The number of allylic oxidation sites excluding steroid dienone is 2. The molecule has 1 heterocycles. The summed E-state index contributed by atoms with van der Waals surface area (Å²) in [6, 6.07) is 26.0. The molecule has 2 aliphatic rings. The summed E-state index contributed by atoms with van der Waals surface area (Å²) in [5.41, 5.74) is -2.83. The molecule has 1 aliphatic carbocycles. The third-order valence-electron chi connectivity index (χ3n) is 7.39. The van der Waals surface area contributed by atoms with E-state index in [1.54, 1.807) is 43.3 Å². The molecule has 1 aliphatic heterocycles. The van der Waals surface area contributed by atoms with E-state index in [1.807, 2.05) is 30.3 Å². The van der Waals surface area contributed by atoms with Gasteiger partial charge in [0, 0.05) is 30.6 Å². The Balaban J connectivity index is 2.15. The van der Waals surface area contributed by atoms with Crippen molar-refractivity contribution in [2.24, 2.45) is 16.7 Å². The zero-order chi connectivity index (χ0) is 26.8. The smallest absolute Gasteiger partial charge is 0.234 e. The Morgan fingerprint density at radius 1 is 0.892 bits per heavy atom. The average Bonchev–Trinajstić information content (AvgIpc) is 2.91. The molecule has 0 unspecified atom stereocenters. The lowest BCUT2D eigenvalue weighted by Gasteiger charge is -2.54. The van der Waals surface area contributed by atoms with Gasteiger partial charge < -0.3 is 4.74 Å². The van der Waals surface area contributed by atoms with E-state index in [2.05, 4.69) is 24.3 Å². The van der Waals surface area contributed by atoms with Crippen LogP contribution in [0.4, 0.5) is 0 Å². The third kappa shape index (κ3) is 3.85. The van der Waals surface area contributed by atoms with Crippen molar-refractivity contribution in [1.29, 1.82) is 21.0 Å². The molecule has 0 bridgehead atoms. The van der Waals surface area contributed by atoms with Crippen LogP contribution in [0.25, 0.3) is 0 Å². The van der Waals surface area contributed by atoms with Gasteiger partial charge in [-0.3, -0.25) is 0 Å². The summed E-state index contributed by atoms with van der Waals surface area (Å²) in [4.78, 5) is 0. The van der Waals surface area contributed by atoms with Gasteiger partial charge in [-0.25, -0.2) is 12.7 Å². The normalized spacial score (nSPS) is 25.8. The molecule has 0 amide bonds. The van der Waals surface area contributed by atoms with Crippen LogP contribution in [0.1, 0.15) is 36.3 Å². The lowest BCUT2D eigenvalue weighted by Crippen LogP contribution is -2.59. The maximum Gasteiger partial charge on any atom is 0.234 e. The Morgan fingerprint density at radius 3 is 1.86 bits per heavy atom. The van der Waals surface area contributed by atoms with Gasteiger partial charge >= 0.3 is 0 Å². The Hall–Kier alpha value is -4.15. The molecule has 4 atom stereocenters. The lowest BCUT2D eigenvalue weighted by atomic mass is 9.47. The van der Waals surface area contributed by atoms with Crippen LogP contribution in [-0.4, -0.2) is 31.8 Å². The fourth-order valence-electron chi connectivity index (χ4n) is 5.89. The summed E-state index contributed by atoms with van der Waals surface area (Å²) in [6.07, 6.45) is 1.88. The zero-order valence-electron chi connectivity index (χ0n) is 20.4. The van der Waals surface area contributed by atoms with Crippen LogP contribution < -0.4 is 0 Å². The maximum absolute atomic E-state index is 13.2. The van der Waals surface area contributed by atoms with E-state index >= 15 is 0 Å². The fraction of sp³-hybridized carbons (Fsp3) is 0.357. The molecule has 2 aromatic carbocycles. The van der Waals surface area contributed by atoms with Crippen LogP contribution in [0.15, 0.2) is 72.4 Å².